The summed E-state index contributed by atoms with van der Waals surface area (Å²) in [7, 11) is 0. The minimum atomic E-state index is -0.684. The van der Waals surface area contributed by atoms with Crippen molar-refractivity contribution < 1.29 is 14.3 Å². The number of pyridine rings is 2. The molecule has 0 saturated heterocycles. The van der Waals surface area contributed by atoms with Crippen molar-refractivity contribution in [3.63, 3.8) is 0 Å². The Morgan fingerprint density at radius 2 is 1.97 bits per heavy atom. The molecule has 0 aliphatic rings. The summed E-state index contributed by atoms with van der Waals surface area (Å²) in [5.41, 5.74) is 9.46. The van der Waals surface area contributed by atoms with Crippen molar-refractivity contribution in [1.82, 2.24) is 15.3 Å². The number of nitrogen functional groups attached to an aromatic ring is 1. The van der Waals surface area contributed by atoms with Crippen LogP contribution in [0.1, 0.15) is 21.5 Å². The van der Waals surface area contributed by atoms with Crippen molar-refractivity contribution in [2.75, 3.05) is 11.1 Å². The molecule has 34 heavy (non-hydrogen) atoms. The lowest BCUT2D eigenvalue weighted by Gasteiger charge is -2.13. The zero-order chi connectivity index (χ0) is 24.1. The summed E-state index contributed by atoms with van der Waals surface area (Å²) in [5.74, 6) is -0.369. The number of aromatic hydroxyl groups is 1. The minimum Gasteiger partial charge on any atom is -0.507 e. The number of carbonyl (C=O) groups is 1. The number of rotatable bonds is 7. The number of amides is 1. The SMILES string of the molecule is Nc1nc(-c2cc(Nc3ccc(Cl)cc3CF)ccc2O)ccc1C(=O)NCc1cccnc1. The largest absolute Gasteiger partial charge is 0.507 e. The van der Waals surface area contributed by atoms with Crippen LogP contribution in [0, 0.1) is 0 Å². The summed E-state index contributed by atoms with van der Waals surface area (Å²) in [6.45, 7) is -0.385. The Hall–Kier alpha value is -4.17. The van der Waals surface area contributed by atoms with E-state index in [1.807, 2.05) is 6.07 Å². The molecule has 0 unspecified atom stereocenters. The number of aromatic nitrogens is 2. The van der Waals surface area contributed by atoms with Crippen LogP contribution in [0.25, 0.3) is 11.3 Å². The van der Waals surface area contributed by atoms with Crippen LogP contribution < -0.4 is 16.4 Å². The molecule has 4 rings (SSSR count). The monoisotopic (exact) mass is 477 g/mol. The van der Waals surface area contributed by atoms with E-state index in [1.54, 1.807) is 60.9 Å². The number of anilines is 3. The summed E-state index contributed by atoms with van der Waals surface area (Å²) < 4.78 is 13.4. The predicted octanol–water partition coefficient (Wildman–Crippen LogP) is 5.23. The molecule has 0 radical (unpaired) electrons. The summed E-state index contributed by atoms with van der Waals surface area (Å²) in [6.07, 6.45) is 3.32. The van der Waals surface area contributed by atoms with Crippen LogP contribution >= 0.6 is 11.6 Å². The van der Waals surface area contributed by atoms with Crippen LogP contribution in [0.3, 0.4) is 0 Å². The molecule has 0 atom stereocenters. The van der Waals surface area contributed by atoms with E-state index in [0.29, 0.717) is 39.8 Å². The van der Waals surface area contributed by atoms with Gasteiger partial charge in [0.25, 0.3) is 5.91 Å². The van der Waals surface area contributed by atoms with Gasteiger partial charge in [-0.3, -0.25) is 9.78 Å². The first-order valence-electron chi connectivity index (χ1n) is 10.3. The second-order valence-electron chi connectivity index (χ2n) is 7.47. The molecule has 0 saturated carbocycles. The molecule has 172 valence electrons. The number of halogens is 2. The van der Waals surface area contributed by atoms with Crippen LogP contribution in [-0.2, 0) is 13.2 Å². The first kappa shape index (κ1) is 23.0. The number of phenolic OH excluding ortho intramolecular Hbond substituents is 1. The van der Waals surface area contributed by atoms with Crippen molar-refractivity contribution in [2.45, 2.75) is 13.2 Å². The first-order chi connectivity index (χ1) is 16.4. The Morgan fingerprint density at radius 3 is 2.71 bits per heavy atom. The second kappa shape index (κ2) is 10.2. The van der Waals surface area contributed by atoms with Crippen LogP contribution in [-0.4, -0.2) is 21.0 Å². The summed E-state index contributed by atoms with van der Waals surface area (Å²) in [4.78, 5) is 20.9. The van der Waals surface area contributed by atoms with E-state index in [9.17, 15) is 14.3 Å². The number of nitrogens with zero attached hydrogens (tertiary/aromatic N) is 2. The van der Waals surface area contributed by atoms with E-state index in [2.05, 4.69) is 20.6 Å². The van der Waals surface area contributed by atoms with E-state index >= 15 is 0 Å². The third-order valence-corrected chi connectivity index (χ3v) is 5.34. The highest BCUT2D eigenvalue weighted by molar-refractivity contribution is 6.30. The zero-order valence-electron chi connectivity index (χ0n) is 17.9. The molecule has 2 aromatic heterocycles. The summed E-state index contributed by atoms with van der Waals surface area (Å²) in [5, 5.41) is 16.7. The van der Waals surface area contributed by atoms with Gasteiger partial charge in [-0.25, -0.2) is 9.37 Å². The maximum absolute atomic E-state index is 13.4. The lowest BCUT2D eigenvalue weighted by molar-refractivity contribution is 0.0951. The Kier molecular flexibility index (Phi) is 6.89. The molecule has 0 aliphatic carbocycles. The van der Waals surface area contributed by atoms with E-state index in [4.69, 9.17) is 17.3 Å². The van der Waals surface area contributed by atoms with Gasteiger partial charge in [0.1, 0.15) is 18.2 Å². The lowest BCUT2D eigenvalue weighted by atomic mass is 10.1. The molecule has 2 aromatic carbocycles. The van der Waals surface area contributed by atoms with Crippen molar-refractivity contribution >= 4 is 34.7 Å². The average molecular weight is 478 g/mol. The number of hydrogen-bond donors (Lipinski definition) is 4. The van der Waals surface area contributed by atoms with Crippen LogP contribution in [0.5, 0.6) is 5.75 Å². The van der Waals surface area contributed by atoms with Crippen molar-refractivity contribution in [3.05, 3.63) is 94.8 Å². The van der Waals surface area contributed by atoms with Gasteiger partial charge in [0.05, 0.1) is 11.3 Å². The van der Waals surface area contributed by atoms with Crippen molar-refractivity contribution in [3.8, 4) is 17.0 Å². The normalized spacial score (nSPS) is 10.6. The molecular weight excluding hydrogens is 457 g/mol. The minimum absolute atomic E-state index is 0.0203. The molecule has 5 N–H and O–H groups in total. The van der Waals surface area contributed by atoms with Crippen molar-refractivity contribution in [1.29, 1.82) is 0 Å². The number of benzene rings is 2. The average Bonchev–Trinajstić information content (AvgIpc) is 2.85. The quantitative estimate of drug-likeness (QED) is 0.271. The third kappa shape index (κ3) is 5.24. The Bertz CT molecular complexity index is 1330. The molecule has 0 aliphatic heterocycles. The molecule has 1 amide bonds. The first-order valence-corrected chi connectivity index (χ1v) is 10.7. The third-order valence-electron chi connectivity index (χ3n) is 5.11. The number of alkyl halides is 1. The Balaban J connectivity index is 1.55. The fourth-order valence-corrected chi connectivity index (χ4v) is 3.56. The number of phenols is 1. The molecule has 0 fully saturated rings. The van der Waals surface area contributed by atoms with E-state index in [0.717, 1.165) is 5.56 Å². The van der Waals surface area contributed by atoms with Gasteiger partial charge < -0.3 is 21.5 Å². The second-order valence-corrected chi connectivity index (χ2v) is 7.90. The van der Waals surface area contributed by atoms with Gasteiger partial charge in [0.15, 0.2) is 0 Å². The van der Waals surface area contributed by atoms with Gasteiger partial charge >= 0.3 is 0 Å². The Morgan fingerprint density at radius 1 is 1.12 bits per heavy atom. The molecule has 4 aromatic rings. The van der Waals surface area contributed by atoms with Gasteiger partial charge in [-0.05, 0) is 60.2 Å². The molecular formula is C25H21ClFN5O2. The summed E-state index contributed by atoms with van der Waals surface area (Å²) >= 11 is 5.95. The van der Waals surface area contributed by atoms with Gasteiger partial charge in [-0.1, -0.05) is 17.7 Å². The van der Waals surface area contributed by atoms with E-state index < -0.39 is 6.67 Å². The van der Waals surface area contributed by atoms with Gasteiger partial charge in [0.2, 0.25) is 0 Å². The van der Waals surface area contributed by atoms with E-state index in [1.165, 1.54) is 6.07 Å². The number of hydrogen-bond acceptors (Lipinski definition) is 6. The van der Waals surface area contributed by atoms with Crippen LogP contribution in [0.2, 0.25) is 5.02 Å². The highest BCUT2D eigenvalue weighted by atomic mass is 35.5. The Labute approximate surface area is 200 Å². The highest BCUT2D eigenvalue weighted by Crippen LogP contribution is 2.33. The maximum atomic E-state index is 13.4. The van der Waals surface area contributed by atoms with E-state index in [-0.39, 0.29) is 23.0 Å². The number of nitrogens with one attached hydrogen (secondary N) is 2. The fraction of sp³-hybridized carbons (Fsp3) is 0.0800. The molecule has 0 bridgehead atoms. The maximum Gasteiger partial charge on any atom is 0.255 e. The number of carbonyl (C=O) groups excluding carboxylic acids is 1. The summed E-state index contributed by atoms with van der Waals surface area (Å²) in [6, 6.07) is 16.5. The standard InChI is InChI=1S/C25H21ClFN5O2/c26-17-3-6-21(16(10-17)12-27)31-18-4-8-23(33)20(11-18)22-7-5-19(24(28)32-22)25(34)30-14-15-2-1-9-29-13-15/h1-11,13,31,33H,12,14H2,(H2,28,32)(H,30,34). The molecule has 9 heteroatoms. The number of nitrogens with two attached hydrogens (primary N) is 1. The topological polar surface area (TPSA) is 113 Å². The zero-order valence-corrected chi connectivity index (χ0v) is 18.7. The smallest absolute Gasteiger partial charge is 0.255 e. The van der Waals surface area contributed by atoms with Crippen LogP contribution in [0.4, 0.5) is 21.6 Å². The highest BCUT2D eigenvalue weighted by Gasteiger charge is 2.15. The molecule has 2 heterocycles. The molecule has 7 nitrogen and oxygen atoms in total. The lowest BCUT2D eigenvalue weighted by Crippen LogP contribution is -2.24. The van der Waals surface area contributed by atoms with Gasteiger partial charge in [-0.2, -0.15) is 0 Å². The predicted molar refractivity (Wildman–Crippen MR) is 131 cm³/mol. The molecule has 0 spiro atoms. The van der Waals surface area contributed by atoms with Gasteiger partial charge in [0, 0.05) is 46.5 Å². The van der Waals surface area contributed by atoms with Crippen molar-refractivity contribution in [2.24, 2.45) is 0 Å². The van der Waals surface area contributed by atoms with Crippen LogP contribution in [0.15, 0.2) is 73.1 Å². The fourth-order valence-electron chi connectivity index (χ4n) is 3.37. The van der Waals surface area contributed by atoms with Gasteiger partial charge in [-0.15, -0.1) is 0 Å².